The average molecular weight is 292 g/mol. The van der Waals surface area contributed by atoms with Crippen LogP contribution in [0.1, 0.15) is 23.7 Å². The van der Waals surface area contributed by atoms with E-state index in [1.54, 1.807) is 6.20 Å². The Morgan fingerprint density at radius 3 is 2.76 bits per heavy atom. The van der Waals surface area contributed by atoms with E-state index in [9.17, 15) is 8.78 Å². The van der Waals surface area contributed by atoms with Gasteiger partial charge in [0.2, 0.25) is 0 Å². The molecule has 0 amide bonds. The number of nitrogens with zero attached hydrogens (tertiary/aromatic N) is 3. The number of hydrogen-bond donors (Lipinski definition) is 1. The smallest absolute Gasteiger partial charge is 0.257 e. The number of alkyl halides is 2. The molecule has 0 spiro atoms. The Bertz CT molecular complexity index is 597. The van der Waals surface area contributed by atoms with E-state index in [0.29, 0.717) is 0 Å². The number of halogens is 2. The minimum Gasteiger partial charge on any atom is -0.364 e. The zero-order valence-electron chi connectivity index (χ0n) is 11.6. The molecule has 0 aliphatic carbocycles. The minimum atomic E-state index is -2.43. The highest BCUT2D eigenvalue weighted by Crippen LogP contribution is 2.33. The van der Waals surface area contributed by atoms with Crippen LogP contribution in [0.5, 0.6) is 0 Å². The van der Waals surface area contributed by atoms with Gasteiger partial charge in [-0.15, -0.1) is 0 Å². The number of benzene rings is 1. The molecule has 1 atom stereocenters. The maximum Gasteiger partial charge on any atom is 0.257 e. The second-order valence-electron chi connectivity index (χ2n) is 5.29. The van der Waals surface area contributed by atoms with Crippen molar-refractivity contribution in [3.63, 3.8) is 0 Å². The van der Waals surface area contributed by atoms with Crippen LogP contribution in [0.2, 0.25) is 0 Å². The maximum absolute atomic E-state index is 12.6. The third-order valence-corrected chi connectivity index (χ3v) is 3.79. The zero-order valence-corrected chi connectivity index (χ0v) is 11.6. The molecular formula is C15H18F2N4. The summed E-state index contributed by atoms with van der Waals surface area (Å²) < 4.78 is 26.6. The van der Waals surface area contributed by atoms with Crippen LogP contribution < -0.4 is 10.6 Å². The summed E-state index contributed by atoms with van der Waals surface area (Å²) in [4.78, 5) is 2.16. The van der Waals surface area contributed by atoms with Gasteiger partial charge in [-0.3, -0.25) is 4.68 Å². The molecule has 2 N–H and O–H groups in total. The largest absolute Gasteiger partial charge is 0.364 e. The fraction of sp³-hybridized carbons (Fsp3) is 0.400. The predicted octanol–water partition coefficient (Wildman–Crippen LogP) is 2.56. The topological polar surface area (TPSA) is 47.1 Å². The lowest BCUT2D eigenvalue weighted by molar-refractivity contribution is 0.120. The van der Waals surface area contributed by atoms with Gasteiger partial charge in [0, 0.05) is 13.1 Å². The summed E-state index contributed by atoms with van der Waals surface area (Å²) in [5.41, 5.74) is 8.86. The fourth-order valence-corrected chi connectivity index (χ4v) is 2.81. The van der Waals surface area contributed by atoms with Crippen molar-refractivity contribution in [1.82, 2.24) is 9.78 Å². The molecule has 1 aromatic heterocycles. The Labute approximate surface area is 122 Å². The first kappa shape index (κ1) is 14.0. The van der Waals surface area contributed by atoms with E-state index in [0.717, 1.165) is 30.9 Å². The van der Waals surface area contributed by atoms with Gasteiger partial charge in [-0.2, -0.15) is 5.10 Å². The quantitative estimate of drug-likeness (QED) is 0.942. The summed E-state index contributed by atoms with van der Waals surface area (Å²) in [6, 6.07) is 9.84. The number of nitrogens with two attached hydrogens (primary N) is 1. The summed E-state index contributed by atoms with van der Waals surface area (Å²) >= 11 is 0. The van der Waals surface area contributed by atoms with Crippen LogP contribution in [0.15, 0.2) is 36.5 Å². The van der Waals surface area contributed by atoms with E-state index in [2.05, 4.69) is 22.1 Å². The van der Waals surface area contributed by atoms with Gasteiger partial charge in [-0.05, 0) is 12.0 Å². The molecule has 1 aromatic carbocycles. The van der Waals surface area contributed by atoms with Crippen molar-refractivity contribution in [3.05, 3.63) is 47.8 Å². The number of aromatic nitrogens is 2. The van der Waals surface area contributed by atoms with Gasteiger partial charge in [0.15, 0.2) is 0 Å². The molecule has 3 rings (SSSR count). The van der Waals surface area contributed by atoms with Gasteiger partial charge in [0.1, 0.15) is 6.54 Å². The van der Waals surface area contributed by atoms with Crippen LogP contribution in [0.3, 0.4) is 0 Å². The SMILES string of the molecule is NC1CCN(Cc2ccccc2)c2cnn(CC(F)F)c21. The lowest BCUT2D eigenvalue weighted by Gasteiger charge is -2.32. The summed E-state index contributed by atoms with van der Waals surface area (Å²) in [5, 5.41) is 4.10. The highest BCUT2D eigenvalue weighted by molar-refractivity contribution is 5.53. The summed E-state index contributed by atoms with van der Waals surface area (Å²) in [6.45, 7) is 1.15. The Balaban J connectivity index is 1.87. The van der Waals surface area contributed by atoms with Crippen LogP contribution in [0, 0.1) is 0 Å². The molecule has 1 unspecified atom stereocenters. The van der Waals surface area contributed by atoms with Crippen molar-refractivity contribution in [1.29, 1.82) is 0 Å². The van der Waals surface area contributed by atoms with Gasteiger partial charge < -0.3 is 10.6 Å². The van der Waals surface area contributed by atoms with Crippen molar-refractivity contribution < 1.29 is 8.78 Å². The third kappa shape index (κ3) is 2.90. The predicted molar refractivity (Wildman–Crippen MR) is 77.3 cm³/mol. The molecule has 1 aliphatic rings. The van der Waals surface area contributed by atoms with Gasteiger partial charge in [-0.1, -0.05) is 30.3 Å². The molecule has 0 fully saturated rings. The van der Waals surface area contributed by atoms with E-state index in [1.807, 2.05) is 18.2 Å². The normalized spacial score (nSPS) is 18.1. The molecule has 0 saturated carbocycles. The molecule has 2 heterocycles. The Morgan fingerprint density at radius 2 is 2.05 bits per heavy atom. The van der Waals surface area contributed by atoms with Gasteiger partial charge in [0.25, 0.3) is 6.43 Å². The van der Waals surface area contributed by atoms with Gasteiger partial charge in [0.05, 0.1) is 23.6 Å². The molecule has 4 nitrogen and oxygen atoms in total. The molecule has 0 bridgehead atoms. The maximum atomic E-state index is 12.6. The zero-order chi connectivity index (χ0) is 14.8. The summed E-state index contributed by atoms with van der Waals surface area (Å²) in [7, 11) is 0. The van der Waals surface area contributed by atoms with Gasteiger partial charge in [-0.25, -0.2) is 8.78 Å². The summed E-state index contributed by atoms with van der Waals surface area (Å²) in [6.07, 6.45) is -0.0280. The van der Waals surface area contributed by atoms with E-state index < -0.39 is 13.0 Å². The van der Waals surface area contributed by atoms with Crippen molar-refractivity contribution in [3.8, 4) is 0 Å². The van der Waals surface area contributed by atoms with Crippen molar-refractivity contribution in [2.24, 2.45) is 5.73 Å². The Morgan fingerprint density at radius 1 is 1.29 bits per heavy atom. The van der Waals surface area contributed by atoms with Crippen molar-refractivity contribution >= 4 is 5.69 Å². The van der Waals surface area contributed by atoms with Crippen LogP contribution in [0.25, 0.3) is 0 Å². The first-order chi connectivity index (χ1) is 10.1. The van der Waals surface area contributed by atoms with Gasteiger partial charge >= 0.3 is 0 Å². The van der Waals surface area contributed by atoms with Crippen LogP contribution in [0.4, 0.5) is 14.5 Å². The van der Waals surface area contributed by atoms with Crippen molar-refractivity contribution in [2.45, 2.75) is 32.0 Å². The minimum absolute atomic E-state index is 0.228. The third-order valence-electron chi connectivity index (χ3n) is 3.79. The molecule has 2 aromatic rings. The van der Waals surface area contributed by atoms with E-state index in [-0.39, 0.29) is 6.04 Å². The monoisotopic (exact) mass is 292 g/mol. The lowest BCUT2D eigenvalue weighted by Crippen LogP contribution is -2.34. The molecule has 0 radical (unpaired) electrons. The Hall–Kier alpha value is -1.95. The van der Waals surface area contributed by atoms with Crippen LogP contribution in [-0.2, 0) is 13.1 Å². The molecule has 6 heteroatoms. The molecule has 112 valence electrons. The summed E-state index contributed by atoms with van der Waals surface area (Å²) in [5.74, 6) is 0. The van der Waals surface area contributed by atoms with E-state index in [1.165, 1.54) is 10.2 Å². The number of hydrogen-bond acceptors (Lipinski definition) is 3. The van der Waals surface area contributed by atoms with Crippen LogP contribution >= 0.6 is 0 Å². The lowest BCUT2D eigenvalue weighted by atomic mass is 10.0. The second-order valence-corrected chi connectivity index (χ2v) is 5.29. The van der Waals surface area contributed by atoms with E-state index in [4.69, 9.17) is 5.73 Å². The second kappa shape index (κ2) is 5.81. The molecule has 1 aliphatic heterocycles. The number of fused-ring (bicyclic) bond motifs is 1. The molecule has 0 saturated heterocycles. The fourth-order valence-electron chi connectivity index (χ4n) is 2.81. The average Bonchev–Trinajstić information content (AvgIpc) is 2.87. The molecule has 21 heavy (non-hydrogen) atoms. The molecular weight excluding hydrogens is 274 g/mol. The first-order valence-corrected chi connectivity index (χ1v) is 7.03. The standard InChI is InChI=1S/C15H18F2N4/c16-14(17)10-21-15-12(18)6-7-20(13(15)8-19-21)9-11-4-2-1-3-5-11/h1-5,8,12,14H,6-7,9-10,18H2. The number of rotatable bonds is 4. The first-order valence-electron chi connectivity index (χ1n) is 7.03. The number of anilines is 1. The van der Waals surface area contributed by atoms with Crippen LogP contribution in [-0.4, -0.2) is 22.8 Å². The highest BCUT2D eigenvalue weighted by atomic mass is 19.3. The van der Waals surface area contributed by atoms with E-state index >= 15 is 0 Å². The Kier molecular flexibility index (Phi) is 3.88. The highest BCUT2D eigenvalue weighted by Gasteiger charge is 2.28. The van der Waals surface area contributed by atoms with Crippen molar-refractivity contribution in [2.75, 3.05) is 11.4 Å².